The molecule has 1 aliphatic carbocycles. The summed E-state index contributed by atoms with van der Waals surface area (Å²) in [7, 11) is 0. The van der Waals surface area contributed by atoms with Crippen LogP contribution in [0.5, 0.6) is 0 Å². The van der Waals surface area contributed by atoms with Crippen molar-refractivity contribution in [2.75, 3.05) is 33.0 Å². The van der Waals surface area contributed by atoms with Crippen LogP contribution in [0.3, 0.4) is 0 Å². The van der Waals surface area contributed by atoms with E-state index in [2.05, 4.69) is 0 Å². The fourth-order valence-electron chi connectivity index (χ4n) is 3.12. The average Bonchev–Trinajstić information content (AvgIpc) is 2.91. The molecular formula is C15H23NO7. The molecule has 2 amide bonds. The average molecular weight is 329 g/mol. The Morgan fingerprint density at radius 1 is 1.22 bits per heavy atom. The zero-order chi connectivity index (χ0) is 17.0. The van der Waals surface area contributed by atoms with Crippen LogP contribution in [0.25, 0.3) is 0 Å². The largest absolute Gasteiger partial charge is 0.466 e. The zero-order valence-corrected chi connectivity index (χ0v) is 13.7. The maximum absolute atomic E-state index is 12.8. The molecule has 0 N–H and O–H groups in total. The van der Waals surface area contributed by atoms with E-state index in [-0.39, 0.29) is 26.2 Å². The Kier molecular flexibility index (Phi) is 5.59. The summed E-state index contributed by atoms with van der Waals surface area (Å²) < 4.78 is 21.2. The Morgan fingerprint density at radius 2 is 1.87 bits per heavy atom. The van der Waals surface area contributed by atoms with Gasteiger partial charge in [0, 0.05) is 19.6 Å². The summed E-state index contributed by atoms with van der Waals surface area (Å²) in [4.78, 5) is 37.6. The molecule has 0 bridgehead atoms. The highest BCUT2D eigenvalue weighted by molar-refractivity contribution is 5.97. The molecule has 2 aliphatic rings. The lowest BCUT2D eigenvalue weighted by Crippen LogP contribution is -2.65. The highest BCUT2D eigenvalue weighted by Gasteiger charge is 2.64. The van der Waals surface area contributed by atoms with Crippen molar-refractivity contribution in [2.45, 2.75) is 33.0 Å². The van der Waals surface area contributed by atoms with Gasteiger partial charge in [-0.3, -0.25) is 9.59 Å². The number of carbonyl (C=O) groups excluding carboxylic acids is 3. The number of esters is 1. The first-order chi connectivity index (χ1) is 11.0. The third-order valence-electron chi connectivity index (χ3n) is 4.04. The van der Waals surface area contributed by atoms with E-state index in [1.807, 2.05) is 0 Å². The summed E-state index contributed by atoms with van der Waals surface area (Å²) in [5, 5.41) is 0. The van der Waals surface area contributed by atoms with Crippen molar-refractivity contribution < 1.29 is 33.3 Å². The predicted molar refractivity (Wildman–Crippen MR) is 77.3 cm³/mol. The van der Waals surface area contributed by atoms with Crippen LogP contribution >= 0.6 is 0 Å². The van der Waals surface area contributed by atoms with Crippen LogP contribution in [-0.4, -0.2) is 61.6 Å². The van der Waals surface area contributed by atoms with E-state index in [9.17, 15) is 14.4 Å². The number of nitrogens with zero attached hydrogens (tertiary/aromatic N) is 1. The first kappa shape index (κ1) is 17.7. The molecule has 0 aromatic heterocycles. The predicted octanol–water partition coefficient (Wildman–Crippen LogP) is 0.934. The van der Waals surface area contributed by atoms with Crippen molar-refractivity contribution in [3.8, 4) is 0 Å². The molecule has 0 spiro atoms. The molecule has 1 saturated heterocycles. The second kappa shape index (κ2) is 7.27. The van der Waals surface area contributed by atoms with Gasteiger partial charge in [0.25, 0.3) is 0 Å². The lowest BCUT2D eigenvalue weighted by atomic mass is 9.66. The van der Waals surface area contributed by atoms with E-state index >= 15 is 0 Å². The Labute approximate surface area is 135 Å². The van der Waals surface area contributed by atoms with Crippen molar-refractivity contribution >= 4 is 18.0 Å². The monoisotopic (exact) mass is 329 g/mol. The lowest BCUT2D eigenvalue weighted by Gasteiger charge is -2.51. The molecule has 8 heteroatoms. The lowest BCUT2D eigenvalue weighted by molar-refractivity contribution is -0.319. The molecule has 2 fully saturated rings. The van der Waals surface area contributed by atoms with Crippen LogP contribution in [0.4, 0.5) is 4.79 Å². The maximum atomic E-state index is 12.8. The van der Waals surface area contributed by atoms with Gasteiger partial charge in [-0.05, 0) is 20.8 Å². The van der Waals surface area contributed by atoms with Gasteiger partial charge >= 0.3 is 12.1 Å². The molecule has 23 heavy (non-hydrogen) atoms. The van der Waals surface area contributed by atoms with Gasteiger partial charge in [-0.2, -0.15) is 0 Å². The fourth-order valence-corrected chi connectivity index (χ4v) is 3.12. The third-order valence-corrected chi connectivity index (χ3v) is 4.04. The number of amides is 2. The maximum Gasteiger partial charge on any atom is 0.416 e. The van der Waals surface area contributed by atoms with Crippen molar-refractivity contribution in [3.63, 3.8) is 0 Å². The number of ether oxygens (including phenoxy) is 4. The molecule has 130 valence electrons. The van der Waals surface area contributed by atoms with Gasteiger partial charge in [-0.25, -0.2) is 9.69 Å². The van der Waals surface area contributed by atoms with Crippen molar-refractivity contribution in [1.29, 1.82) is 0 Å². The quantitative estimate of drug-likeness (QED) is 0.507. The van der Waals surface area contributed by atoms with E-state index < -0.39 is 35.6 Å². The molecule has 2 unspecified atom stereocenters. The zero-order valence-electron chi connectivity index (χ0n) is 13.7. The molecule has 2 rings (SSSR count). The van der Waals surface area contributed by atoms with Crippen molar-refractivity contribution in [2.24, 2.45) is 11.8 Å². The Balaban J connectivity index is 2.25. The van der Waals surface area contributed by atoms with Gasteiger partial charge < -0.3 is 18.9 Å². The minimum Gasteiger partial charge on any atom is -0.466 e. The van der Waals surface area contributed by atoms with Gasteiger partial charge in [0.2, 0.25) is 5.91 Å². The van der Waals surface area contributed by atoms with Crippen LogP contribution in [0.2, 0.25) is 0 Å². The standard InChI is InChI=1S/C15H23NO7/c1-4-20-13(18)10-9-15(22-5-2,23-6-3)11(10)12(17)16-7-8-21-14(16)19/h10-11H,4-9H2,1-3H3. The normalized spacial score (nSPS) is 25.7. The van der Waals surface area contributed by atoms with Gasteiger partial charge in [-0.1, -0.05) is 0 Å². The summed E-state index contributed by atoms with van der Waals surface area (Å²) in [5.41, 5.74) is 0. The number of hydrogen-bond acceptors (Lipinski definition) is 7. The van der Waals surface area contributed by atoms with Crippen LogP contribution in [0.15, 0.2) is 0 Å². The Morgan fingerprint density at radius 3 is 2.35 bits per heavy atom. The highest BCUT2D eigenvalue weighted by atomic mass is 16.7. The summed E-state index contributed by atoms with van der Waals surface area (Å²) in [5.74, 6) is -3.78. The van der Waals surface area contributed by atoms with Crippen molar-refractivity contribution in [1.82, 2.24) is 4.90 Å². The van der Waals surface area contributed by atoms with Crippen LogP contribution < -0.4 is 0 Å². The molecule has 1 heterocycles. The summed E-state index contributed by atoms with van der Waals surface area (Å²) in [6.45, 7) is 6.44. The van der Waals surface area contributed by atoms with E-state index in [4.69, 9.17) is 18.9 Å². The number of hydrogen-bond donors (Lipinski definition) is 0. The number of carbonyl (C=O) groups is 3. The molecule has 1 aliphatic heterocycles. The number of cyclic esters (lactones) is 1. The number of rotatable bonds is 7. The summed E-state index contributed by atoms with van der Waals surface area (Å²) in [6.07, 6.45) is -0.473. The van der Waals surface area contributed by atoms with Crippen LogP contribution in [-0.2, 0) is 28.5 Å². The molecule has 0 aromatic rings. The molecule has 0 aromatic carbocycles. The highest BCUT2D eigenvalue weighted by Crippen LogP contribution is 2.49. The topological polar surface area (TPSA) is 91.4 Å². The SMILES string of the molecule is CCOC(=O)C1CC(OCC)(OCC)C1C(=O)N1CCOC1=O. The minimum absolute atomic E-state index is 0.150. The Bertz CT molecular complexity index is 472. The second-order valence-corrected chi connectivity index (χ2v) is 5.32. The Hall–Kier alpha value is -1.67. The fraction of sp³-hybridized carbons (Fsp3) is 0.800. The van der Waals surface area contributed by atoms with Gasteiger partial charge in [0.05, 0.1) is 19.1 Å². The van der Waals surface area contributed by atoms with E-state index in [1.165, 1.54) is 0 Å². The van der Waals surface area contributed by atoms with E-state index in [0.29, 0.717) is 13.2 Å². The van der Waals surface area contributed by atoms with Gasteiger partial charge in [-0.15, -0.1) is 0 Å². The molecule has 2 atom stereocenters. The molecule has 8 nitrogen and oxygen atoms in total. The molecular weight excluding hydrogens is 306 g/mol. The van der Waals surface area contributed by atoms with E-state index in [0.717, 1.165) is 4.90 Å². The van der Waals surface area contributed by atoms with E-state index in [1.54, 1.807) is 20.8 Å². The van der Waals surface area contributed by atoms with Crippen LogP contribution in [0.1, 0.15) is 27.2 Å². The van der Waals surface area contributed by atoms with Crippen LogP contribution in [0, 0.1) is 11.8 Å². The first-order valence-electron chi connectivity index (χ1n) is 7.93. The van der Waals surface area contributed by atoms with Gasteiger partial charge in [0.15, 0.2) is 5.79 Å². The summed E-state index contributed by atoms with van der Waals surface area (Å²) in [6, 6.07) is 0. The second-order valence-electron chi connectivity index (χ2n) is 5.32. The smallest absolute Gasteiger partial charge is 0.416 e. The first-order valence-corrected chi connectivity index (χ1v) is 7.93. The van der Waals surface area contributed by atoms with Crippen molar-refractivity contribution in [3.05, 3.63) is 0 Å². The van der Waals surface area contributed by atoms with Gasteiger partial charge in [0.1, 0.15) is 12.5 Å². The third kappa shape index (κ3) is 3.18. The minimum atomic E-state index is -1.19. The summed E-state index contributed by atoms with van der Waals surface area (Å²) >= 11 is 0. The number of imide groups is 1. The molecule has 1 saturated carbocycles. The molecule has 0 radical (unpaired) electrons.